The second kappa shape index (κ2) is 8.51. The Balaban J connectivity index is 1.38. The summed E-state index contributed by atoms with van der Waals surface area (Å²) in [6, 6.07) is 10.2. The van der Waals surface area contributed by atoms with E-state index in [9.17, 15) is 0 Å². The number of aryl methyl sites for hydroxylation is 3. The van der Waals surface area contributed by atoms with Crippen LogP contribution in [0.3, 0.4) is 0 Å². The SMILES string of the molecule is CN=C(NCCCn1nc(C)cc1C)NCCc1nc2ccccc2[nH]1. The Morgan fingerprint density at radius 3 is 2.73 bits per heavy atom. The summed E-state index contributed by atoms with van der Waals surface area (Å²) in [5, 5.41) is 11.2. The quantitative estimate of drug-likeness (QED) is 0.345. The van der Waals surface area contributed by atoms with Crippen LogP contribution in [0.2, 0.25) is 0 Å². The molecule has 138 valence electrons. The highest BCUT2D eigenvalue weighted by Crippen LogP contribution is 2.10. The molecule has 0 amide bonds. The van der Waals surface area contributed by atoms with Crippen LogP contribution in [0.25, 0.3) is 11.0 Å². The number of aromatic amines is 1. The average molecular weight is 353 g/mol. The van der Waals surface area contributed by atoms with Gasteiger partial charge in [0.25, 0.3) is 0 Å². The van der Waals surface area contributed by atoms with Crippen LogP contribution in [0.5, 0.6) is 0 Å². The standard InChI is InChI=1S/C19H27N7/c1-14-13-15(2)26(25-14)12-6-10-21-19(20-3)22-11-9-18-23-16-7-4-5-8-17(16)24-18/h4-5,7-8,13H,6,9-12H2,1-3H3,(H,23,24)(H2,20,21,22). The molecule has 3 N–H and O–H groups in total. The molecule has 0 aliphatic carbocycles. The second-order valence-corrected chi connectivity index (χ2v) is 6.38. The summed E-state index contributed by atoms with van der Waals surface area (Å²) >= 11 is 0. The lowest BCUT2D eigenvalue weighted by Gasteiger charge is -2.11. The molecule has 0 saturated carbocycles. The lowest BCUT2D eigenvalue weighted by molar-refractivity contribution is 0.555. The molecule has 0 fully saturated rings. The summed E-state index contributed by atoms with van der Waals surface area (Å²) in [5.74, 6) is 1.80. The van der Waals surface area contributed by atoms with Gasteiger partial charge in [0.1, 0.15) is 5.82 Å². The Labute approximate surface area is 153 Å². The highest BCUT2D eigenvalue weighted by atomic mass is 15.3. The fraction of sp³-hybridized carbons (Fsp3) is 0.421. The van der Waals surface area contributed by atoms with Crippen molar-refractivity contribution >= 4 is 17.0 Å². The number of aliphatic imine (C=N–C) groups is 1. The normalized spacial score (nSPS) is 11.9. The van der Waals surface area contributed by atoms with E-state index in [1.54, 1.807) is 7.05 Å². The molecule has 1 aromatic carbocycles. The molecule has 0 radical (unpaired) electrons. The number of guanidine groups is 1. The number of rotatable bonds is 7. The highest BCUT2D eigenvalue weighted by molar-refractivity contribution is 5.79. The van der Waals surface area contributed by atoms with E-state index in [-0.39, 0.29) is 0 Å². The maximum Gasteiger partial charge on any atom is 0.190 e. The molecule has 26 heavy (non-hydrogen) atoms. The summed E-state index contributed by atoms with van der Waals surface area (Å²) in [5.41, 5.74) is 4.36. The van der Waals surface area contributed by atoms with Gasteiger partial charge in [0.05, 0.1) is 16.7 Å². The summed E-state index contributed by atoms with van der Waals surface area (Å²) in [6.45, 7) is 6.64. The zero-order valence-corrected chi connectivity index (χ0v) is 15.7. The Kier molecular flexibility index (Phi) is 5.88. The van der Waals surface area contributed by atoms with Crippen molar-refractivity contribution in [3.05, 3.63) is 47.5 Å². The van der Waals surface area contributed by atoms with Gasteiger partial charge in [-0.3, -0.25) is 9.67 Å². The number of aromatic nitrogens is 4. The monoisotopic (exact) mass is 353 g/mol. The number of nitrogens with one attached hydrogen (secondary N) is 3. The van der Waals surface area contributed by atoms with Crippen molar-refractivity contribution in [3.8, 4) is 0 Å². The largest absolute Gasteiger partial charge is 0.356 e. The molecule has 3 aromatic rings. The number of hydrogen-bond donors (Lipinski definition) is 3. The van der Waals surface area contributed by atoms with E-state index in [1.807, 2.05) is 31.2 Å². The van der Waals surface area contributed by atoms with Crippen molar-refractivity contribution < 1.29 is 0 Å². The third-order valence-corrected chi connectivity index (χ3v) is 4.26. The minimum absolute atomic E-state index is 0.775. The Morgan fingerprint density at radius 1 is 1.19 bits per heavy atom. The maximum atomic E-state index is 4.59. The van der Waals surface area contributed by atoms with Crippen LogP contribution in [0.15, 0.2) is 35.3 Å². The minimum atomic E-state index is 0.775. The van der Waals surface area contributed by atoms with Crippen LogP contribution >= 0.6 is 0 Å². The van der Waals surface area contributed by atoms with Gasteiger partial charge in [0.2, 0.25) is 0 Å². The number of para-hydroxylation sites is 2. The van der Waals surface area contributed by atoms with E-state index in [0.717, 1.165) is 61.0 Å². The Morgan fingerprint density at radius 2 is 2.00 bits per heavy atom. The van der Waals surface area contributed by atoms with Crippen molar-refractivity contribution in [3.63, 3.8) is 0 Å². The molecule has 3 rings (SSSR count). The van der Waals surface area contributed by atoms with E-state index in [0.29, 0.717) is 0 Å². The van der Waals surface area contributed by atoms with Crippen LogP contribution in [0.1, 0.15) is 23.6 Å². The molecule has 2 aromatic heterocycles. The summed E-state index contributed by atoms with van der Waals surface area (Å²) in [4.78, 5) is 12.2. The number of nitrogens with zero attached hydrogens (tertiary/aromatic N) is 4. The number of fused-ring (bicyclic) bond motifs is 1. The molecule has 0 atom stereocenters. The molecule has 0 spiro atoms. The predicted octanol–water partition coefficient (Wildman–Crippen LogP) is 2.17. The van der Waals surface area contributed by atoms with Crippen molar-refractivity contribution in [2.24, 2.45) is 4.99 Å². The van der Waals surface area contributed by atoms with Crippen molar-refractivity contribution in [2.45, 2.75) is 33.2 Å². The zero-order chi connectivity index (χ0) is 18.4. The van der Waals surface area contributed by atoms with Crippen LogP contribution in [0, 0.1) is 13.8 Å². The predicted molar refractivity (Wildman–Crippen MR) is 105 cm³/mol. The number of benzene rings is 1. The van der Waals surface area contributed by atoms with Crippen LogP contribution in [0.4, 0.5) is 0 Å². The Bertz CT molecular complexity index is 842. The number of hydrogen-bond acceptors (Lipinski definition) is 3. The lowest BCUT2D eigenvalue weighted by Crippen LogP contribution is -2.39. The summed E-state index contributed by atoms with van der Waals surface area (Å²) in [6.07, 6.45) is 1.81. The summed E-state index contributed by atoms with van der Waals surface area (Å²) < 4.78 is 2.05. The number of imidazole rings is 1. The molecule has 0 aliphatic rings. The third-order valence-electron chi connectivity index (χ3n) is 4.26. The van der Waals surface area contributed by atoms with Gasteiger partial charge in [-0.25, -0.2) is 4.98 Å². The molecule has 0 aliphatic heterocycles. The first-order valence-electron chi connectivity index (χ1n) is 9.05. The molecule has 7 heteroatoms. The van der Waals surface area contributed by atoms with E-state index in [1.165, 1.54) is 5.69 Å². The highest BCUT2D eigenvalue weighted by Gasteiger charge is 2.04. The molecular weight excluding hydrogens is 326 g/mol. The van der Waals surface area contributed by atoms with E-state index < -0.39 is 0 Å². The van der Waals surface area contributed by atoms with Crippen LogP contribution < -0.4 is 10.6 Å². The fourth-order valence-electron chi connectivity index (χ4n) is 2.98. The van der Waals surface area contributed by atoms with Gasteiger partial charge in [0.15, 0.2) is 5.96 Å². The number of H-pyrrole nitrogens is 1. The molecule has 2 heterocycles. The van der Waals surface area contributed by atoms with Gasteiger partial charge >= 0.3 is 0 Å². The molecule has 0 bridgehead atoms. The minimum Gasteiger partial charge on any atom is -0.356 e. The first-order chi connectivity index (χ1) is 12.7. The average Bonchev–Trinajstić information content (AvgIpc) is 3.18. The molecular formula is C19H27N7. The lowest BCUT2D eigenvalue weighted by atomic mass is 10.3. The van der Waals surface area contributed by atoms with Crippen LogP contribution in [-0.2, 0) is 13.0 Å². The first-order valence-corrected chi connectivity index (χ1v) is 9.05. The summed E-state index contributed by atoms with van der Waals surface area (Å²) in [7, 11) is 1.79. The molecule has 0 saturated heterocycles. The third kappa shape index (κ3) is 4.62. The van der Waals surface area contributed by atoms with Crippen LogP contribution in [-0.4, -0.2) is 45.8 Å². The zero-order valence-electron chi connectivity index (χ0n) is 15.7. The molecule has 0 unspecified atom stereocenters. The van der Waals surface area contributed by atoms with Gasteiger partial charge in [-0.2, -0.15) is 5.10 Å². The van der Waals surface area contributed by atoms with Crippen molar-refractivity contribution in [1.82, 2.24) is 30.4 Å². The van der Waals surface area contributed by atoms with E-state index >= 15 is 0 Å². The topological polar surface area (TPSA) is 82.9 Å². The fourth-order valence-corrected chi connectivity index (χ4v) is 2.98. The van der Waals surface area contributed by atoms with Crippen molar-refractivity contribution in [1.29, 1.82) is 0 Å². The van der Waals surface area contributed by atoms with Gasteiger partial charge < -0.3 is 15.6 Å². The Hall–Kier alpha value is -2.83. The molecule has 7 nitrogen and oxygen atoms in total. The van der Waals surface area contributed by atoms with Gasteiger partial charge in [0, 0.05) is 38.8 Å². The van der Waals surface area contributed by atoms with E-state index in [2.05, 4.69) is 48.4 Å². The first kappa shape index (κ1) is 18.0. The van der Waals surface area contributed by atoms with Gasteiger partial charge in [-0.1, -0.05) is 12.1 Å². The second-order valence-electron chi connectivity index (χ2n) is 6.38. The van der Waals surface area contributed by atoms with Gasteiger partial charge in [-0.15, -0.1) is 0 Å². The smallest absolute Gasteiger partial charge is 0.190 e. The van der Waals surface area contributed by atoms with Gasteiger partial charge in [-0.05, 0) is 38.5 Å². The van der Waals surface area contributed by atoms with Crippen molar-refractivity contribution in [2.75, 3.05) is 20.1 Å². The maximum absolute atomic E-state index is 4.59. The van der Waals surface area contributed by atoms with E-state index in [4.69, 9.17) is 0 Å².